The second-order valence-corrected chi connectivity index (χ2v) is 1.92. The van der Waals surface area contributed by atoms with Crippen molar-refractivity contribution in [3.05, 3.63) is 12.1 Å². The van der Waals surface area contributed by atoms with E-state index in [0.717, 1.165) is 6.26 Å². The largest absolute Gasteiger partial charge is 0.492 e. The van der Waals surface area contributed by atoms with Gasteiger partial charge in [-0.05, 0) is 0 Å². The van der Waals surface area contributed by atoms with Crippen molar-refractivity contribution >= 4 is 6.02 Å². The Morgan fingerprint density at radius 3 is 3.20 bits per heavy atom. The van der Waals surface area contributed by atoms with E-state index in [0.29, 0.717) is 5.17 Å². The number of hydrazone groups is 1. The molecule has 0 fully saturated rings. The summed E-state index contributed by atoms with van der Waals surface area (Å²) >= 11 is 0. The third-order valence-corrected chi connectivity index (χ3v) is 1.25. The van der Waals surface area contributed by atoms with Crippen molar-refractivity contribution < 1.29 is 15.1 Å². The first-order chi connectivity index (χ1) is 4.77. The van der Waals surface area contributed by atoms with Crippen LogP contribution < -0.4 is 0 Å². The predicted molar refractivity (Wildman–Crippen MR) is 29.6 cm³/mol. The number of hydroxylamine groups is 1. The van der Waals surface area contributed by atoms with Gasteiger partial charge in [0.05, 0.1) is 0 Å². The minimum absolute atomic E-state index is 0.0460. The summed E-state index contributed by atoms with van der Waals surface area (Å²) in [7, 11) is 0. The molecule has 10 heavy (non-hydrogen) atoms. The van der Waals surface area contributed by atoms with Crippen molar-refractivity contribution in [2.45, 2.75) is 0 Å². The molecule has 0 atom stereocenters. The average molecular weight is 143 g/mol. The van der Waals surface area contributed by atoms with Crippen LogP contribution in [-0.2, 0) is 4.74 Å². The zero-order valence-electron chi connectivity index (χ0n) is 4.93. The van der Waals surface area contributed by atoms with Crippen molar-refractivity contribution in [1.82, 2.24) is 10.1 Å². The maximum absolute atomic E-state index is 8.96. The monoisotopic (exact) mass is 143 g/mol. The number of hydrogen-bond donors (Lipinski definition) is 2. The highest BCUT2D eigenvalue weighted by molar-refractivity contribution is 5.78. The van der Waals surface area contributed by atoms with Crippen LogP contribution in [0.2, 0.25) is 0 Å². The highest BCUT2D eigenvalue weighted by Gasteiger charge is 2.31. The fourth-order valence-corrected chi connectivity index (χ4v) is 0.798. The van der Waals surface area contributed by atoms with Crippen LogP contribution in [-0.4, -0.2) is 33.1 Å². The normalized spacial score (nSPS) is 22.1. The number of fused-ring (bicyclic) bond motifs is 1. The van der Waals surface area contributed by atoms with Gasteiger partial charge >= 0.3 is 6.02 Å². The Labute approximate surface area is 56.2 Å². The van der Waals surface area contributed by atoms with Crippen LogP contribution in [0.25, 0.3) is 0 Å². The number of hydrogen-bond acceptors (Lipinski definition) is 6. The lowest BCUT2D eigenvalue weighted by Gasteiger charge is -2.08. The lowest BCUT2D eigenvalue weighted by molar-refractivity contribution is -0.0975. The molecule has 2 heterocycles. The molecule has 6 heteroatoms. The molecule has 0 saturated heterocycles. The molecule has 0 amide bonds. The smallest absolute Gasteiger partial charge is 0.325 e. The van der Waals surface area contributed by atoms with Crippen LogP contribution >= 0.6 is 0 Å². The van der Waals surface area contributed by atoms with Gasteiger partial charge in [-0.15, -0.1) is 5.17 Å². The van der Waals surface area contributed by atoms with E-state index in [9.17, 15) is 0 Å². The Morgan fingerprint density at radius 1 is 1.70 bits per heavy atom. The Balaban J connectivity index is 2.25. The molecule has 2 aliphatic heterocycles. The molecule has 2 N–H and O–H groups in total. The molecule has 6 nitrogen and oxygen atoms in total. The molecule has 0 aromatic carbocycles. The van der Waals surface area contributed by atoms with Crippen LogP contribution in [0.15, 0.2) is 17.2 Å². The number of amidine groups is 1. The molecular formula is C4H5N3O3. The molecule has 2 aliphatic rings. The Morgan fingerprint density at radius 2 is 2.50 bits per heavy atom. The van der Waals surface area contributed by atoms with Gasteiger partial charge in [0.2, 0.25) is 5.88 Å². The summed E-state index contributed by atoms with van der Waals surface area (Å²) in [6, 6.07) is 0.194. The summed E-state index contributed by atoms with van der Waals surface area (Å²) in [4.78, 5) is 1.32. The van der Waals surface area contributed by atoms with Crippen LogP contribution in [0.1, 0.15) is 0 Å². The predicted octanol–water partition coefficient (Wildman–Crippen LogP) is -0.391. The lowest BCUT2D eigenvalue weighted by Crippen LogP contribution is -2.25. The number of ether oxygens (including phenoxy) is 1. The number of aliphatic hydroxyl groups excluding tert-OH is 1. The van der Waals surface area contributed by atoms with Gasteiger partial charge in [0, 0.05) is 0 Å². The van der Waals surface area contributed by atoms with Crippen LogP contribution in [0.3, 0.4) is 0 Å². The van der Waals surface area contributed by atoms with Crippen molar-refractivity contribution in [3.63, 3.8) is 0 Å². The second-order valence-electron chi connectivity index (χ2n) is 1.92. The van der Waals surface area contributed by atoms with Crippen molar-refractivity contribution in [3.8, 4) is 0 Å². The van der Waals surface area contributed by atoms with Crippen LogP contribution in [0.5, 0.6) is 0 Å². The summed E-state index contributed by atoms with van der Waals surface area (Å²) in [6.07, 6.45) is 1.16. The summed E-state index contributed by atoms with van der Waals surface area (Å²) in [5, 5.41) is 21.9. The molecule has 0 aromatic rings. The summed E-state index contributed by atoms with van der Waals surface area (Å²) < 4.78 is 4.72. The van der Waals surface area contributed by atoms with Crippen molar-refractivity contribution in [1.29, 1.82) is 0 Å². The zero-order chi connectivity index (χ0) is 7.14. The van der Waals surface area contributed by atoms with Gasteiger partial charge in [0.15, 0.2) is 6.26 Å². The molecule has 0 saturated carbocycles. The number of rotatable bonds is 0. The quantitative estimate of drug-likeness (QED) is 0.483. The van der Waals surface area contributed by atoms with E-state index in [-0.39, 0.29) is 18.6 Å². The van der Waals surface area contributed by atoms with Gasteiger partial charge < -0.3 is 9.84 Å². The van der Waals surface area contributed by atoms with Gasteiger partial charge in [-0.3, -0.25) is 5.21 Å². The van der Waals surface area contributed by atoms with E-state index in [1.165, 1.54) is 4.90 Å². The minimum Gasteiger partial charge on any atom is -0.492 e. The Hall–Kier alpha value is -1.43. The lowest BCUT2D eigenvalue weighted by atomic mass is 10.7. The first-order valence-corrected chi connectivity index (χ1v) is 2.66. The van der Waals surface area contributed by atoms with E-state index >= 15 is 0 Å². The first kappa shape index (κ1) is 5.36. The summed E-state index contributed by atoms with van der Waals surface area (Å²) in [5.41, 5.74) is 0. The van der Waals surface area contributed by atoms with E-state index in [2.05, 4.69) is 5.10 Å². The van der Waals surface area contributed by atoms with Gasteiger partial charge in [0.1, 0.15) is 6.67 Å². The van der Waals surface area contributed by atoms with Crippen LogP contribution in [0, 0.1) is 0 Å². The van der Waals surface area contributed by atoms with Gasteiger partial charge in [-0.1, -0.05) is 5.10 Å². The number of aliphatic hydroxyl groups is 1. The van der Waals surface area contributed by atoms with Gasteiger partial charge in [-0.2, -0.15) is 0 Å². The molecule has 0 bridgehead atoms. The molecule has 0 aliphatic carbocycles. The topological polar surface area (TPSA) is 68.5 Å². The van der Waals surface area contributed by atoms with E-state index in [4.69, 9.17) is 15.1 Å². The highest BCUT2D eigenvalue weighted by atomic mass is 16.6. The molecule has 0 aromatic heterocycles. The maximum Gasteiger partial charge on any atom is 0.325 e. The molecule has 0 spiro atoms. The third-order valence-electron chi connectivity index (χ3n) is 1.25. The minimum atomic E-state index is -0.0460. The first-order valence-electron chi connectivity index (χ1n) is 2.66. The molecular weight excluding hydrogens is 138 g/mol. The molecule has 2 rings (SSSR count). The third kappa shape index (κ3) is 0.532. The molecule has 54 valence electrons. The second kappa shape index (κ2) is 1.54. The Bertz CT molecular complexity index is 224. The fraction of sp³-hybridized carbons (Fsp3) is 0.250. The zero-order valence-corrected chi connectivity index (χ0v) is 4.93. The standard InChI is InChI=1S/C4H5N3O3/c8-3-1-10-4-5-7(9)2-6(3)4/h1,8-9H,2H2. The summed E-state index contributed by atoms with van der Waals surface area (Å²) in [6.45, 7) is 0.109. The maximum atomic E-state index is 8.96. The van der Waals surface area contributed by atoms with E-state index in [1.807, 2.05) is 0 Å². The Kier molecular flexibility index (Phi) is 0.825. The van der Waals surface area contributed by atoms with Crippen molar-refractivity contribution in [2.75, 3.05) is 6.67 Å². The van der Waals surface area contributed by atoms with Gasteiger partial charge in [0.25, 0.3) is 0 Å². The van der Waals surface area contributed by atoms with E-state index < -0.39 is 0 Å². The fourth-order valence-electron chi connectivity index (χ4n) is 0.798. The SMILES string of the molecule is OC1=COC2=NN(O)CN12. The highest BCUT2D eigenvalue weighted by Crippen LogP contribution is 2.17. The molecule has 0 radical (unpaired) electrons. The average Bonchev–Trinajstić information content (AvgIpc) is 2.35. The van der Waals surface area contributed by atoms with Gasteiger partial charge in [-0.25, -0.2) is 4.90 Å². The van der Waals surface area contributed by atoms with E-state index in [1.54, 1.807) is 0 Å². The molecule has 0 unspecified atom stereocenters. The van der Waals surface area contributed by atoms with Crippen LogP contribution in [0.4, 0.5) is 0 Å². The number of nitrogens with zero attached hydrogens (tertiary/aromatic N) is 3. The van der Waals surface area contributed by atoms with Crippen molar-refractivity contribution in [2.24, 2.45) is 5.10 Å². The summed E-state index contributed by atoms with van der Waals surface area (Å²) in [5.74, 6) is -0.0460.